The van der Waals surface area contributed by atoms with Crippen molar-refractivity contribution in [1.82, 2.24) is 4.98 Å². The molecule has 2 aromatic carbocycles. The molecule has 1 amide bonds. The van der Waals surface area contributed by atoms with Crippen LogP contribution in [0.4, 0.5) is 11.4 Å². The van der Waals surface area contributed by atoms with Crippen molar-refractivity contribution in [3.8, 4) is 11.8 Å². The highest BCUT2D eigenvalue weighted by Gasteiger charge is 2.12. The van der Waals surface area contributed by atoms with Crippen molar-refractivity contribution in [2.24, 2.45) is 0 Å². The second kappa shape index (κ2) is 12.2. The Morgan fingerprint density at radius 3 is 2.48 bits per heavy atom. The molecule has 0 unspecified atom stereocenters. The van der Waals surface area contributed by atoms with Crippen LogP contribution in [0.1, 0.15) is 11.1 Å². The number of pyridine rings is 1. The number of halogens is 3. The van der Waals surface area contributed by atoms with Crippen molar-refractivity contribution in [2.45, 2.75) is 6.42 Å². The predicted octanol–water partition coefficient (Wildman–Crippen LogP) is 5.11. The molecular formula is C22H24Cl3N3O3. The number of amides is 1. The number of nitrogens with one attached hydrogen (secondary N) is 1. The van der Waals surface area contributed by atoms with Crippen molar-refractivity contribution in [3.63, 3.8) is 0 Å². The average molecular weight is 485 g/mol. The van der Waals surface area contributed by atoms with E-state index in [1.807, 2.05) is 24.3 Å². The van der Waals surface area contributed by atoms with Crippen molar-refractivity contribution in [3.05, 3.63) is 59.7 Å². The summed E-state index contributed by atoms with van der Waals surface area (Å²) in [6.45, 7) is 0. The molecule has 0 aliphatic carbocycles. The van der Waals surface area contributed by atoms with Gasteiger partial charge in [0, 0.05) is 40.3 Å². The van der Waals surface area contributed by atoms with Crippen LogP contribution in [0.2, 0.25) is 0 Å². The topological polar surface area (TPSA) is 86.5 Å². The highest BCUT2D eigenvalue weighted by atomic mass is 35.5. The standard InChI is InChI=1S/C22H22ClN3O3.2ClH/c1-28-21-10-8-14(22(26-21)29-2)7-9-20(27)25-19-13-18(24)16-6-4-3-5-15(16)17(19)11-12-23;;/h3-10,13H,11-12,24H2,1-2H3,(H,25,27);2*1H. The van der Waals surface area contributed by atoms with Gasteiger partial charge in [0.15, 0.2) is 0 Å². The summed E-state index contributed by atoms with van der Waals surface area (Å²) in [5, 5.41) is 4.83. The summed E-state index contributed by atoms with van der Waals surface area (Å²) in [7, 11) is 3.04. The maximum absolute atomic E-state index is 12.6. The number of anilines is 2. The number of aromatic nitrogens is 1. The minimum absolute atomic E-state index is 0. The summed E-state index contributed by atoms with van der Waals surface area (Å²) in [5.41, 5.74) is 9.04. The van der Waals surface area contributed by atoms with E-state index < -0.39 is 0 Å². The number of rotatable bonds is 7. The predicted molar refractivity (Wildman–Crippen MR) is 132 cm³/mol. The van der Waals surface area contributed by atoms with E-state index in [1.54, 1.807) is 24.3 Å². The number of hydrogen-bond donors (Lipinski definition) is 2. The van der Waals surface area contributed by atoms with Gasteiger partial charge in [0.1, 0.15) is 0 Å². The van der Waals surface area contributed by atoms with E-state index in [0.717, 1.165) is 16.3 Å². The van der Waals surface area contributed by atoms with Crippen LogP contribution in [0.15, 0.2) is 48.5 Å². The number of ether oxygens (including phenoxy) is 2. The molecule has 0 saturated heterocycles. The van der Waals surface area contributed by atoms with E-state index in [4.69, 9.17) is 26.8 Å². The molecule has 1 heterocycles. The van der Waals surface area contributed by atoms with Gasteiger partial charge in [-0.3, -0.25) is 4.79 Å². The minimum atomic E-state index is -0.298. The molecule has 0 aliphatic rings. The van der Waals surface area contributed by atoms with Crippen LogP contribution in [0, 0.1) is 0 Å². The molecule has 0 aliphatic heterocycles. The van der Waals surface area contributed by atoms with Crippen LogP contribution in [0.5, 0.6) is 11.8 Å². The van der Waals surface area contributed by atoms with Gasteiger partial charge in [-0.05, 0) is 35.6 Å². The van der Waals surface area contributed by atoms with Crippen LogP contribution in [0.3, 0.4) is 0 Å². The molecule has 9 heteroatoms. The molecule has 3 N–H and O–H groups in total. The first-order valence-electron chi connectivity index (χ1n) is 9.01. The summed E-state index contributed by atoms with van der Waals surface area (Å²) >= 11 is 6.00. The number of fused-ring (bicyclic) bond motifs is 1. The summed E-state index contributed by atoms with van der Waals surface area (Å²) in [6.07, 6.45) is 3.66. The fraction of sp³-hybridized carbons (Fsp3) is 0.182. The lowest BCUT2D eigenvalue weighted by Gasteiger charge is -2.15. The Balaban J connectivity index is 0.00000240. The molecule has 31 heavy (non-hydrogen) atoms. The molecule has 0 fully saturated rings. The third-order valence-electron chi connectivity index (χ3n) is 4.47. The highest BCUT2D eigenvalue weighted by Crippen LogP contribution is 2.32. The van der Waals surface area contributed by atoms with Gasteiger partial charge in [0.2, 0.25) is 17.7 Å². The maximum Gasteiger partial charge on any atom is 0.248 e. The van der Waals surface area contributed by atoms with Gasteiger partial charge < -0.3 is 20.5 Å². The second-order valence-electron chi connectivity index (χ2n) is 6.25. The Morgan fingerprint density at radius 1 is 1.13 bits per heavy atom. The molecule has 0 spiro atoms. The number of carbonyl (C=O) groups excluding carboxylic acids is 1. The lowest BCUT2D eigenvalue weighted by atomic mass is 9.99. The average Bonchev–Trinajstić information content (AvgIpc) is 2.74. The molecule has 0 saturated carbocycles. The number of methoxy groups -OCH3 is 2. The van der Waals surface area contributed by atoms with Gasteiger partial charge in [-0.2, -0.15) is 4.98 Å². The number of hydrogen-bond acceptors (Lipinski definition) is 5. The first kappa shape index (κ1) is 26.4. The Morgan fingerprint density at radius 2 is 1.84 bits per heavy atom. The van der Waals surface area contributed by atoms with Crippen molar-refractivity contribution < 1.29 is 14.3 Å². The molecule has 1 aromatic heterocycles. The fourth-order valence-corrected chi connectivity index (χ4v) is 3.31. The van der Waals surface area contributed by atoms with Crippen LogP contribution in [-0.2, 0) is 11.2 Å². The number of carbonyl (C=O) groups is 1. The second-order valence-corrected chi connectivity index (χ2v) is 6.63. The summed E-state index contributed by atoms with van der Waals surface area (Å²) in [6, 6.07) is 13.0. The van der Waals surface area contributed by atoms with Gasteiger partial charge >= 0.3 is 0 Å². The van der Waals surface area contributed by atoms with Crippen LogP contribution >= 0.6 is 36.4 Å². The van der Waals surface area contributed by atoms with Crippen molar-refractivity contribution >= 4 is 70.5 Å². The van der Waals surface area contributed by atoms with Crippen LogP contribution in [0.25, 0.3) is 16.8 Å². The lowest BCUT2D eigenvalue weighted by molar-refractivity contribution is -0.111. The highest BCUT2D eigenvalue weighted by molar-refractivity contribution is 6.18. The van der Waals surface area contributed by atoms with E-state index >= 15 is 0 Å². The monoisotopic (exact) mass is 483 g/mol. The zero-order chi connectivity index (χ0) is 20.8. The van der Waals surface area contributed by atoms with Gasteiger partial charge in [-0.1, -0.05) is 24.3 Å². The van der Waals surface area contributed by atoms with Gasteiger partial charge in [0.25, 0.3) is 0 Å². The Bertz CT molecular complexity index is 1070. The minimum Gasteiger partial charge on any atom is -0.481 e. The molecule has 0 bridgehead atoms. The maximum atomic E-state index is 12.6. The number of nitrogens with zero attached hydrogens (tertiary/aromatic N) is 1. The van der Waals surface area contributed by atoms with Crippen LogP contribution < -0.4 is 20.5 Å². The largest absolute Gasteiger partial charge is 0.481 e. The smallest absolute Gasteiger partial charge is 0.248 e. The number of aryl methyl sites for hydroxylation is 1. The molecule has 6 nitrogen and oxygen atoms in total. The number of alkyl halides is 1. The lowest BCUT2D eigenvalue weighted by Crippen LogP contribution is -2.11. The zero-order valence-electron chi connectivity index (χ0n) is 17.1. The fourth-order valence-electron chi connectivity index (χ4n) is 3.12. The van der Waals surface area contributed by atoms with Crippen molar-refractivity contribution in [2.75, 3.05) is 31.2 Å². The number of benzene rings is 2. The molecule has 3 rings (SSSR count). The molecule has 3 aromatic rings. The summed E-state index contributed by atoms with van der Waals surface area (Å²) in [5.74, 6) is 0.932. The summed E-state index contributed by atoms with van der Waals surface area (Å²) < 4.78 is 10.3. The van der Waals surface area contributed by atoms with E-state index in [9.17, 15) is 4.79 Å². The quantitative estimate of drug-likeness (QED) is 0.276. The van der Waals surface area contributed by atoms with E-state index in [-0.39, 0.29) is 30.7 Å². The Hall–Kier alpha value is -2.67. The first-order valence-corrected chi connectivity index (χ1v) is 9.55. The number of nitrogen functional groups attached to an aromatic ring is 1. The first-order chi connectivity index (χ1) is 14.1. The van der Waals surface area contributed by atoms with Gasteiger partial charge in [0.05, 0.1) is 14.2 Å². The molecule has 0 radical (unpaired) electrons. The summed E-state index contributed by atoms with van der Waals surface area (Å²) in [4.78, 5) is 16.8. The molecule has 0 atom stereocenters. The third-order valence-corrected chi connectivity index (χ3v) is 4.66. The third kappa shape index (κ3) is 6.17. The molecule has 166 valence electrons. The SMILES string of the molecule is COc1ccc(C=CC(=O)Nc2cc(N)c3ccccc3c2CCCl)c(OC)n1.Cl.Cl. The van der Waals surface area contributed by atoms with Gasteiger partial charge in [-0.25, -0.2) is 0 Å². The Kier molecular flexibility index (Phi) is 10.4. The zero-order valence-corrected chi connectivity index (χ0v) is 19.4. The normalized spacial score (nSPS) is 10.3. The van der Waals surface area contributed by atoms with E-state index in [2.05, 4.69) is 10.3 Å². The molecular weight excluding hydrogens is 461 g/mol. The van der Waals surface area contributed by atoms with E-state index in [1.165, 1.54) is 20.3 Å². The van der Waals surface area contributed by atoms with Crippen LogP contribution in [-0.4, -0.2) is 31.0 Å². The van der Waals surface area contributed by atoms with Crippen molar-refractivity contribution in [1.29, 1.82) is 0 Å². The Labute approximate surface area is 198 Å². The van der Waals surface area contributed by atoms with E-state index in [0.29, 0.717) is 41.0 Å². The van der Waals surface area contributed by atoms with Gasteiger partial charge in [-0.15, -0.1) is 36.4 Å². The number of nitrogens with two attached hydrogens (primary N) is 1.